The third-order valence-corrected chi connectivity index (χ3v) is 4.71. The molecule has 1 atom stereocenters. The minimum absolute atomic E-state index is 0.0149. The number of halogens is 2. The van der Waals surface area contributed by atoms with E-state index in [1.165, 1.54) is 0 Å². The molecule has 0 saturated carbocycles. The third-order valence-electron chi connectivity index (χ3n) is 4.18. The number of fused-ring (bicyclic) bond motifs is 1. The lowest BCUT2D eigenvalue weighted by atomic mass is 10.2. The van der Waals surface area contributed by atoms with Crippen LogP contribution in [0.1, 0.15) is 20.3 Å². The molecule has 2 aromatic carbocycles. The molecule has 1 aliphatic heterocycles. The van der Waals surface area contributed by atoms with Crippen LogP contribution in [0.5, 0.6) is 11.5 Å². The van der Waals surface area contributed by atoms with Crippen LogP contribution in [0.15, 0.2) is 36.4 Å². The summed E-state index contributed by atoms with van der Waals surface area (Å²) in [6, 6.07) is 9.98. The Morgan fingerprint density at radius 2 is 2.07 bits per heavy atom. The van der Waals surface area contributed by atoms with Gasteiger partial charge in [-0.25, -0.2) is 0 Å². The second kappa shape index (κ2) is 8.71. The van der Waals surface area contributed by atoms with E-state index in [1.54, 1.807) is 48.2 Å². The van der Waals surface area contributed by atoms with Gasteiger partial charge in [0.25, 0.3) is 11.8 Å². The molecule has 1 unspecified atom stereocenters. The molecule has 28 heavy (non-hydrogen) atoms. The summed E-state index contributed by atoms with van der Waals surface area (Å²) in [6.07, 6.45) is 0.0555. The minimum atomic E-state index is -0.784. The van der Waals surface area contributed by atoms with Crippen LogP contribution in [0.3, 0.4) is 0 Å². The summed E-state index contributed by atoms with van der Waals surface area (Å²) in [5.41, 5.74) is 1.25. The van der Waals surface area contributed by atoms with Gasteiger partial charge in [0.05, 0.1) is 10.7 Å². The van der Waals surface area contributed by atoms with Crippen LogP contribution in [-0.2, 0) is 9.59 Å². The van der Waals surface area contributed by atoms with Crippen LogP contribution in [-0.4, -0.2) is 31.1 Å². The van der Waals surface area contributed by atoms with Crippen molar-refractivity contribution in [2.24, 2.45) is 0 Å². The van der Waals surface area contributed by atoms with E-state index >= 15 is 0 Å². The molecule has 1 heterocycles. The molecular weight excluding hydrogens is 403 g/mol. The fourth-order valence-electron chi connectivity index (χ4n) is 2.81. The number of rotatable bonds is 6. The first-order valence-corrected chi connectivity index (χ1v) is 9.64. The number of hydrogen-bond acceptors (Lipinski definition) is 4. The van der Waals surface area contributed by atoms with Crippen molar-refractivity contribution in [1.29, 1.82) is 0 Å². The lowest BCUT2D eigenvalue weighted by molar-refractivity contribution is -0.122. The highest BCUT2D eigenvalue weighted by molar-refractivity contribution is 6.35. The smallest absolute Gasteiger partial charge is 0.265 e. The predicted molar refractivity (Wildman–Crippen MR) is 110 cm³/mol. The molecular formula is C20H20Cl2N2O4. The maximum atomic E-state index is 12.5. The number of nitrogens with one attached hydrogen (secondary N) is 1. The Labute approximate surface area is 173 Å². The summed E-state index contributed by atoms with van der Waals surface area (Å²) in [5, 5.41) is 3.60. The van der Waals surface area contributed by atoms with E-state index in [2.05, 4.69) is 5.32 Å². The summed E-state index contributed by atoms with van der Waals surface area (Å²) >= 11 is 11.9. The van der Waals surface area contributed by atoms with E-state index in [1.807, 2.05) is 6.92 Å². The average Bonchev–Trinajstić information content (AvgIpc) is 2.66. The predicted octanol–water partition coefficient (Wildman–Crippen LogP) is 4.53. The van der Waals surface area contributed by atoms with Gasteiger partial charge in [0, 0.05) is 23.3 Å². The van der Waals surface area contributed by atoms with Crippen molar-refractivity contribution in [2.75, 3.05) is 23.4 Å². The van der Waals surface area contributed by atoms with Crippen LogP contribution in [0.4, 0.5) is 11.4 Å². The Bertz CT molecular complexity index is 904. The Kier molecular flexibility index (Phi) is 6.31. The molecule has 3 rings (SSSR count). The Hall–Kier alpha value is -2.44. The standard InChI is InChI=1S/C20H20Cl2N2O4/c1-3-8-24-16-6-5-14(10-18(16)27-11-19(24)25)23-20(26)12(2)28-17-7-4-13(21)9-15(17)22/h4-7,9-10,12H,3,8,11H2,1-2H3,(H,23,26). The number of hydrogen-bond donors (Lipinski definition) is 1. The van der Waals surface area contributed by atoms with Gasteiger partial charge in [-0.2, -0.15) is 0 Å². The van der Waals surface area contributed by atoms with E-state index in [-0.39, 0.29) is 18.4 Å². The first kappa shape index (κ1) is 20.3. The van der Waals surface area contributed by atoms with Crippen molar-refractivity contribution in [1.82, 2.24) is 0 Å². The number of nitrogens with zero attached hydrogens (tertiary/aromatic N) is 1. The van der Waals surface area contributed by atoms with Gasteiger partial charge in [-0.15, -0.1) is 0 Å². The number of carbonyl (C=O) groups excluding carboxylic acids is 2. The zero-order valence-corrected chi connectivity index (χ0v) is 17.0. The molecule has 0 aromatic heterocycles. The van der Waals surface area contributed by atoms with Crippen molar-refractivity contribution in [3.05, 3.63) is 46.4 Å². The van der Waals surface area contributed by atoms with Crippen LogP contribution in [0, 0.1) is 0 Å². The number of anilines is 2. The molecule has 0 saturated heterocycles. The molecule has 6 nitrogen and oxygen atoms in total. The summed E-state index contributed by atoms with van der Waals surface area (Å²) in [7, 11) is 0. The molecule has 0 radical (unpaired) electrons. The number of ether oxygens (including phenoxy) is 2. The van der Waals surface area contributed by atoms with Crippen molar-refractivity contribution in [3.63, 3.8) is 0 Å². The molecule has 0 fully saturated rings. The van der Waals surface area contributed by atoms with Crippen LogP contribution in [0.2, 0.25) is 10.0 Å². The topological polar surface area (TPSA) is 67.9 Å². The number of carbonyl (C=O) groups is 2. The SMILES string of the molecule is CCCN1C(=O)COc2cc(NC(=O)C(C)Oc3ccc(Cl)cc3Cl)ccc21. The molecule has 1 N–H and O–H groups in total. The zero-order chi connectivity index (χ0) is 20.3. The van der Waals surface area contributed by atoms with E-state index in [0.29, 0.717) is 39.5 Å². The monoisotopic (exact) mass is 422 g/mol. The van der Waals surface area contributed by atoms with Crippen molar-refractivity contribution in [2.45, 2.75) is 26.4 Å². The van der Waals surface area contributed by atoms with E-state index in [4.69, 9.17) is 32.7 Å². The second-order valence-corrected chi connectivity index (χ2v) is 7.18. The van der Waals surface area contributed by atoms with Gasteiger partial charge in [0.15, 0.2) is 12.7 Å². The molecule has 148 valence electrons. The molecule has 2 aromatic rings. The molecule has 0 aliphatic carbocycles. The molecule has 1 aliphatic rings. The Balaban J connectivity index is 1.69. The van der Waals surface area contributed by atoms with Gasteiger partial charge in [-0.05, 0) is 43.7 Å². The Morgan fingerprint density at radius 1 is 1.29 bits per heavy atom. The number of benzene rings is 2. The zero-order valence-electron chi connectivity index (χ0n) is 15.5. The summed E-state index contributed by atoms with van der Waals surface area (Å²) in [6.45, 7) is 4.23. The highest BCUT2D eigenvalue weighted by Crippen LogP contribution is 2.35. The minimum Gasteiger partial charge on any atom is -0.481 e. The normalized spacial score (nSPS) is 14.1. The summed E-state index contributed by atoms with van der Waals surface area (Å²) < 4.78 is 11.1. The fourth-order valence-corrected chi connectivity index (χ4v) is 3.26. The van der Waals surface area contributed by atoms with Crippen molar-refractivity contribution >= 4 is 46.4 Å². The quantitative estimate of drug-likeness (QED) is 0.741. The van der Waals surface area contributed by atoms with E-state index in [9.17, 15) is 9.59 Å². The first-order valence-electron chi connectivity index (χ1n) is 8.89. The molecule has 2 amide bonds. The van der Waals surface area contributed by atoms with Crippen LogP contribution in [0.25, 0.3) is 0 Å². The van der Waals surface area contributed by atoms with E-state index in [0.717, 1.165) is 6.42 Å². The third kappa shape index (κ3) is 4.51. The summed E-state index contributed by atoms with van der Waals surface area (Å²) in [5.74, 6) is 0.507. The second-order valence-electron chi connectivity index (χ2n) is 6.34. The highest BCUT2D eigenvalue weighted by atomic mass is 35.5. The first-order chi connectivity index (χ1) is 13.4. The van der Waals surface area contributed by atoms with Gasteiger partial charge in [-0.1, -0.05) is 30.1 Å². The van der Waals surface area contributed by atoms with Gasteiger partial charge in [0.2, 0.25) is 0 Å². The van der Waals surface area contributed by atoms with Gasteiger partial charge in [-0.3, -0.25) is 9.59 Å². The van der Waals surface area contributed by atoms with Gasteiger partial charge < -0.3 is 19.7 Å². The number of amides is 2. The average molecular weight is 423 g/mol. The van der Waals surface area contributed by atoms with E-state index < -0.39 is 6.10 Å². The van der Waals surface area contributed by atoms with Gasteiger partial charge >= 0.3 is 0 Å². The lowest BCUT2D eigenvalue weighted by Crippen LogP contribution is -2.39. The highest BCUT2D eigenvalue weighted by Gasteiger charge is 2.25. The molecule has 8 heteroatoms. The Morgan fingerprint density at radius 3 is 2.79 bits per heavy atom. The maximum Gasteiger partial charge on any atom is 0.265 e. The van der Waals surface area contributed by atoms with Crippen molar-refractivity contribution < 1.29 is 19.1 Å². The summed E-state index contributed by atoms with van der Waals surface area (Å²) in [4.78, 5) is 26.2. The van der Waals surface area contributed by atoms with Gasteiger partial charge in [0.1, 0.15) is 11.5 Å². The lowest BCUT2D eigenvalue weighted by Gasteiger charge is -2.29. The molecule has 0 spiro atoms. The largest absolute Gasteiger partial charge is 0.481 e. The van der Waals surface area contributed by atoms with Crippen molar-refractivity contribution in [3.8, 4) is 11.5 Å². The van der Waals surface area contributed by atoms with Crippen LogP contribution >= 0.6 is 23.2 Å². The fraction of sp³-hybridized carbons (Fsp3) is 0.300. The van der Waals surface area contributed by atoms with Crippen LogP contribution < -0.4 is 19.7 Å². The molecule has 0 bridgehead atoms. The maximum absolute atomic E-state index is 12.5.